The minimum Gasteiger partial charge on any atom is -0.828 e. The molecule has 2 fully saturated rings. The van der Waals surface area contributed by atoms with Crippen molar-refractivity contribution >= 4 is 6.21 Å². The van der Waals surface area contributed by atoms with E-state index in [-0.39, 0.29) is 13.2 Å². The lowest BCUT2D eigenvalue weighted by molar-refractivity contribution is -0.700. The third-order valence-electron chi connectivity index (χ3n) is 5.02. The predicted molar refractivity (Wildman–Crippen MR) is 91.1 cm³/mol. The second kappa shape index (κ2) is 8.99. The fourth-order valence-corrected chi connectivity index (χ4v) is 3.33. The fourth-order valence-electron chi connectivity index (χ4n) is 3.33. The maximum absolute atomic E-state index is 12.1. The molecule has 3 aliphatic rings. The predicted octanol–water partition coefficient (Wildman–Crippen LogP) is -5.73. The molecule has 1 unspecified atom stereocenters. The van der Waals surface area contributed by atoms with Crippen molar-refractivity contribution in [1.29, 1.82) is 0 Å². The maximum atomic E-state index is 12.1. The number of aliphatic hydroxyl groups is 6. The summed E-state index contributed by atoms with van der Waals surface area (Å²) < 4.78 is 13.0. The third-order valence-corrected chi connectivity index (χ3v) is 5.02. The Bertz CT molecular complexity index is 729. The summed E-state index contributed by atoms with van der Waals surface area (Å²) in [5, 5.41) is 67.0. The molecule has 0 radical (unpaired) electrons. The summed E-state index contributed by atoms with van der Waals surface area (Å²) >= 11 is 0. The molecule has 0 spiro atoms. The highest BCUT2D eigenvalue weighted by Gasteiger charge is 2.50. The second-order valence-corrected chi connectivity index (χ2v) is 7.01. The van der Waals surface area contributed by atoms with Crippen LogP contribution in [0.2, 0.25) is 0 Å². The first-order valence-corrected chi connectivity index (χ1v) is 9.06. The SMILES string of the molecule is Cn1cnc2c1C([O-])N[N+]([C@@H]1O[C@H](CO)[C@@H](O)[C@H]1O)=C2.OC[C@H]1OC[C@H](O)[C@@H]1O. The molecule has 2 saturated heterocycles. The van der Waals surface area contributed by atoms with E-state index in [9.17, 15) is 15.3 Å². The zero-order valence-electron chi connectivity index (χ0n) is 15.6. The fraction of sp³-hybridized carbons (Fsp3) is 0.750. The number of hydrazine groups is 1. The Morgan fingerprint density at radius 2 is 1.86 bits per heavy atom. The Hall–Kier alpha value is -1.68. The molecule has 7 N–H and O–H groups in total. The number of aryl methyl sites for hydroxylation is 1. The molecule has 4 heterocycles. The van der Waals surface area contributed by atoms with Gasteiger partial charge >= 0.3 is 6.23 Å². The average Bonchev–Trinajstić information content (AvgIpc) is 3.33. The van der Waals surface area contributed by atoms with Crippen LogP contribution in [0.5, 0.6) is 0 Å². The third kappa shape index (κ3) is 4.28. The Labute approximate surface area is 165 Å². The van der Waals surface area contributed by atoms with E-state index < -0.39 is 55.7 Å². The number of nitrogens with zero attached hydrogens (tertiary/aromatic N) is 3. The van der Waals surface area contributed by atoms with Gasteiger partial charge in [-0.3, -0.25) is 0 Å². The van der Waals surface area contributed by atoms with E-state index in [0.717, 1.165) is 0 Å². The number of hydrogen-bond acceptors (Lipinski definition) is 11. The van der Waals surface area contributed by atoms with E-state index >= 15 is 0 Å². The highest BCUT2D eigenvalue weighted by Crippen LogP contribution is 2.23. The summed E-state index contributed by atoms with van der Waals surface area (Å²) in [6, 6.07) is 0. The van der Waals surface area contributed by atoms with Crippen molar-refractivity contribution in [2.75, 3.05) is 19.8 Å². The van der Waals surface area contributed by atoms with Crippen molar-refractivity contribution in [3.63, 3.8) is 0 Å². The number of nitrogens with one attached hydrogen (secondary N) is 1. The summed E-state index contributed by atoms with van der Waals surface area (Å²) in [5.41, 5.74) is 3.58. The van der Waals surface area contributed by atoms with Crippen LogP contribution in [0.25, 0.3) is 0 Å². The molecular weight excluding hydrogens is 392 g/mol. The topological polar surface area (TPSA) is 196 Å². The monoisotopic (exact) mass is 418 g/mol. The molecule has 3 aliphatic heterocycles. The van der Waals surface area contributed by atoms with Crippen molar-refractivity contribution in [1.82, 2.24) is 15.0 Å². The molecule has 164 valence electrons. The highest BCUT2D eigenvalue weighted by atomic mass is 16.6. The van der Waals surface area contributed by atoms with Gasteiger partial charge in [0, 0.05) is 13.3 Å². The van der Waals surface area contributed by atoms with E-state index in [1.165, 1.54) is 17.2 Å². The number of ether oxygens (including phenoxy) is 2. The number of aromatic nitrogens is 2. The summed E-state index contributed by atoms with van der Waals surface area (Å²) in [6.07, 6.45) is -4.86. The van der Waals surface area contributed by atoms with Crippen molar-refractivity contribution in [3.8, 4) is 0 Å². The number of fused-ring (bicyclic) bond motifs is 1. The average molecular weight is 418 g/mol. The molecule has 0 aliphatic carbocycles. The first-order chi connectivity index (χ1) is 13.8. The first-order valence-electron chi connectivity index (χ1n) is 9.06. The van der Waals surface area contributed by atoms with Gasteiger partial charge in [0.1, 0.15) is 30.5 Å². The Morgan fingerprint density at radius 3 is 2.38 bits per heavy atom. The minimum absolute atomic E-state index is 0.117. The normalized spacial score (nSPS) is 38.7. The van der Waals surface area contributed by atoms with E-state index in [2.05, 4.69) is 10.4 Å². The van der Waals surface area contributed by atoms with Gasteiger partial charge in [0.05, 0.1) is 31.8 Å². The van der Waals surface area contributed by atoms with Crippen molar-refractivity contribution in [3.05, 3.63) is 17.7 Å². The summed E-state index contributed by atoms with van der Waals surface area (Å²) in [7, 11) is 1.72. The number of imidazole rings is 1. The lowest BCUT2D eigenvalue weighted by Gasteiger charge is -2.28. The van der Waals surface area contributed by atoms with Gasteiger partial charge < -0.3 is 49.8 Å². The van der Waals surface area contributed by atoms with Crippen LogP contribution in [0.15, 0.2) is 6.33 Å². The Kier molecular flexibility index (Phi) is 6.83. The molecule has 0 bridgehead atoms. The molecule has 29 heavy (non-hydrogen) atoms. The van der Waals surface area contributed by atoms with E-state index in [1.54, 1.807) is 11.6 Å². The van der Waals surface area contributed by atoms with Crippen LogP contribution in [-0.4, -0.2) is 114 Å². The quantitative estimate of drug-likeness (QED) is 0.231. The summed E-state index contributed by atoms with van der Waals surface area (Å²) in [4.78, 5) is 4.09. The first kappa shape index (κ1) is 22.0. The number of hydrogen-bond donors (Lipinski definition) is 7. The standard InChI is InChI=1S/C11H16N4O5.C5H10O4/c1-14-4-12-5-2-15(13-10(19)7(5)14)11-9(18)8(17)6(3-16)20-11;6-1-4-5(8)3(7)2-9-4/h2,4,6,8-11,13,16-18H,3H2,1H3;3-8H,1-2H2/t6-,8-,9-,10?,11-;3-,4+,5-/m10/s1. The lowest BCUT2D eigenvalue weighted by atomic mass is 10.1. The van der Waals surface area contributed by atoms with Gasteiger partial charge in [0.25, 0.3) is 0 Å². The van der Waals surface area contributed by atoms with Crippen LogP contribution in [0.1, 0.15) is 17.6 Å². The van der Waals surface area contributed by atoms with Crippen molar-refractivity contribution in [2.45, 2.75) is 49.1 Å². The zero-order valence-corrected chi connectivity index (χ0v) is 15.6. The number of rotatable bonds is 3. The van der Waals surface area contributed by atoms with Gasteiger partial charge in [-0.25, -0.2) is 10.4 Å². The van der Waals surface area contributed by atoms with Gasteiger partial charge in [-0.05, 0) is 0 Å². The van der Waals surface area contributed by atoms with Gasteiger partial charge in [-0.1, -0.05) is 4.68 Å². The molecule has 8 atom stereocenters. The smallest absolute Gasteiger partial charge is 0.314 e. The highest BCUT2D eigenvalue weighted by molar-refractivity contribution is 5.75. The second-order valence-electron chi connectivity index (χ2n) is 7.01. The van der Waals surface area contributed by atoms with Crippen molar-refractivity contribution < 1.29 is 49.9 Å². The van der Waals surface area contributed by atoms with Crippen molar-refractivity contribution in [2.24, 2.45) is 7.05 Å². The molecule has 0 saturated carbocycles. The zero-order chi connectivity index (χ0) is 21.3. The minimum atomic E-state index is -1.26. The van der Waals surface area contributed by atoms with Crippen LogP contribution in [0.4, 0.5) is 0 Å². The van der Waals surface area contributed by atoms with Crippen LogP contribution in [0, 0.1) is 0 Å². The maximum Gasteiger partial charge on any atom is 0.314 e. The molecule has 0 amide bonds. The van der Waals surface area contributed by atoms with Gasteiger partial charge in [-0.15, -0.1) is 0 Å². The number of aliphatic hydroxyl groups excluding tert-OH is 6. The van der Waals surface area contributed by atoms with Crippen LogP contribution in [0.3, 0.4) is 0 Å². The molecule has 0 aromatic carbocycles. The summed E-state index contributed by atoms with van der Waals surface area (Å²) in [5.74, 6) is 0. The Balaban J connectivity index is 0.000000224. The molecule has 4 rings (SSSR count). The van der Waals surface area contributed by atoms with Gasteiger partial charge in [0.2, 0.25) is 6.21 Å². The largest absolute Gasteiger partial charge is 0.828 e. The molecule has 13 heteroatoms. The molecule has 1 aromatic rings. The molecular formula is C16H26N4O9. The van der Waals surface area contributed by atoms with E-state index in [4.69, 9.17) is 29.9 Å². The molecule has 1 aromatic heterocycles. The van der Waals surface area contributed by atoms with Crippen LogP contribution in [-0.2, 0) is 16.5 Å². The molecule has 13 nitrogen and oxygen atoms in total. The van der Waals surface area contributed by atoms with Gasteiger partial charge in [-0.2, -0.15) is 0 Å². The van der Waals surface area contributed by atoms with Crippen LogP contribution < -0.4 is 10.5 Å². The van der Waals surface area contributed by atoms with E-state index in [0.29, 0.717) is 11.4 Å². The Morgan fingerprint density at radius 1 is 1.17 bits per heavy atom. The number of hydrazone groups is 1. The summed E-state index contributed by atoms with van der Waals surface area (Å²) in [6.45, 7) is -0.539. The van der Waals surface area contributed by atoms with Crippen LogP contribution >= 0.6 is 0 Å². The van der Waals surface area contributed by atoms with E-state index in [1.807, 2.05) is 0 Å². The van der Waals surface area contributed by atoms with Gasteiger partial charge in [0.15, 0.2) is 11.8 Å². The lowest BCUT2D eigenvalue weighted by Crippen LogP contribution is -2.52.